The Morgan fingerprint density at radius 2 is 2.11 bits per heavy atom. The molecule has 1 aliphatic rings. The Balaban J connectivity index is 1.91. The second-order valence-corrected chi connectivity index (χ2v) is 4.47. The van der Waals surface area contributed by atoms with E-state index in [0.29, 0.717) is 11.5 Å². The zero-order valence-corrected chi connectivity index (χ0v) is 10.4. The Morgan fingerprint density at radius 3 is 2.78 bits per heavy atom. The molecule has 0 saturated carbocycles. The van der Waals surface area contributed by atoms with E-state index in [9.17, 15) is 4.79 Å². The topological polar surface area (TPSA) is 97.3 Å². The molecule has 2 heterocycles. The highest BCUT2D eigenvalue weighted by molar-refractivity contribution is 5.91. The summed E-state index contributed by atoms with van der Waals surface area (Å²) in [5.41, 5.74) is 11.7. The van der Waals surface area contributed by atoms with E-state index >= 15 is 0 Å². The monoisotopic (exact) mass is 249 g/mol. The molecular formula is C12H19N5O. The molecule has 5 N–H and O–H groups in total. The summed E-state index contributed by atoms with van der Waals surface area (Å²) < 4.78 is 0. The van der Waals surface area contributed by atoms with Crippen molar-refractivity contribution in [1.29, 1.82) is 0 Å². The predicted molar refractivity (Wildman–Crippen MR) is 71.3 cm³/mol. The van der Waals surface area contributed by atoms with Gasteiger partial charge in [0.15, 0.2) is 0 Å². The van der Waals surface area contributed by atoms with Crippen LogP contribution in [-0.2, 0) is 0 Å². The predicted octanol–water partition coefficient (Wildman–Crippen LogP) is 0.270. The SMILES string of the molecule is NC(=O)c1ccc(N)c(NCCN2CCCC2)n1. The number of nitrogen functional groups attached to an aromatic ring is 1. The van der Waals surface area contributed by atoms with Gasteiger partial charge in [-0.2, -0.15) is 0 Å². The van der Waals surface area contributed by atoms with Crippen LogP contribution in [0.15, 0.2) is 12.1 Å². The molecule has 6 heteroatoms. The second-order valence-electron chi connectivity index (χ2n) is 4.47. The number of carbonyl (C=O) groups is 1. The summed E-state index contributed by atoms with van der Waals surface area (Å²) in [6, 6.07) is 3.18. The van der Waals surface area contributed by atoms with E-state index in [1.54, 1.807) is 6.07 Å². The van der Waals surface area contributed by atoms with Crippen LogP contribution in [0.2, 0.25) is 0 Å². The van der Waals surface area contributed by atoms with Gasteiger partial charge in [0.05, 0.1) is 5.69 Å². The lowest BCUT2D eigenvalue weighted by atomic mass is 10.3. The van der Waals surface area contributed by atoms with Crippen molar-refractivity contribution in [2.75, 3.05) is 37.2 Å². The Morgan fingerprint density at radius 1 is 1.39 bits per heavy atom. The highest BCUT2D eigenvalue weighted by atomic mass is 16.1. The van der Waals surface area contributed by atoms with Gasteiger partial charge in [0.1, 0.15) is 11.5 Å². The summed E-state index contributed by atoms with van der Waals surface area (Å²) in [4.78, 5) is 17.5. The van der Waals surface area contributed by atoms with E-state index in [-0.39, 0.29) is 5.69 Å². The largest absolute Gasteiger partial charge is 0.396 e. The second kappa shape index (κ2) is 5.68. The van der Waals surface area contributed by atoms with Crippen molar-refractivity contribution in [3.8, 4) is 0 Å². The van der Waals surface area contributed by atoms with Gasteiger partial charge in [-0.3, -0.25) is 4.79 Å². The van der Waals surface area contributed by atoms with Crippen molar-refractivity contribution in [1.82, 2.24) is 9.88 Å². The maximum atomic E-state index is 11.0. The zero-order valence-electron chi connectivity index (χ0n) is 10.4. The van der Waals surface area contributed by atoms with Gasteiger partial charge >= 0.3 is 0 Å². The molecule has 0 spiro atoms. The number of hydrogen-bond acceptors (Lipinski definition) is 5. The number of likely N-dealkylation sites (tertiary alicyclic amines) is 1. The molecule has 1 aromatic heterocycles. The van der Waals surface area contributed by atoms with Crippen molar-refractivity contribution in [2.24, 2.45) is 5.73 Å². The summed E-state index contributed by atoms with van der Waals surface area (Å²) >= 11 is 0. The molecule has 0 unspecified atom stereocenters. The van der Waals surface area contributed by atoms with E-state index in [1.807, 2.05) is 0 Å². The number of pyridine rings is 1. The fourth-order valence-corrected chi connectivity index (χ4v) is 2.09. The minimum atomic E-state index is -0.544. The standard InChI is InChI=1S/C12H19N5O/c13-9-3-4-10(11(14)18)16-12(9)15-5-8-17-6-1-2-7-17/h3-4H,1-2,5-8,13H2,(H2,14,18)(H,15,16). The molecule has 2 rings (SSSR count). The molecule has 1 fully saturated rings. The van der Waals surface area contributed by atoms with Gasteiger partial charge in [-0.1, -0.05) is 0 Å². The van der Waals surface area contributed by atoms with Crippen LogP contribution >= 0.6 is 0 Å². The number of carbonyl (C=O) groups excluding carboxylic acids is 1. The van der Waals surface area contributed by atoms with Gasteiger partial charge in [-0.05, 0) is 38.1 Å². The fraction of sp³-hybridized carbons (Fsp3) is 0.500. The third-order valence-corrected chi connectivity index (χ3v) is 3.10. The summed E-state index contributed by atoms with van der Waals surface area (Å²) in [5, 5.41) is 3.15. The summed E-state index contributed by atoms with van der Waals surface area (Å²) in [7, 11) is 0. The first-order valence-electron chi connectivity index (χ1n) is 6.19. The molecule has 1 aliphatic heterocycles. The lowest BCUT2D eigenvalue weighted by Crippen LogP contribution is -2.26. The van der Waals surface area contributed by atoms with E-state index in [2.05, 4.69) is 15.2 Å². The first kappa shape index (κ1) is 12.6. The molecule has 18 heavy (non-hydrogen) atoms. The van der Waals surface area contributed by atoms with Crippen LogP contribution < -0.4 is 16.8 Å². The average molecular weight is 249 g/mol. The summed E-state index contributed by atoms with van der Waals surface area (Å²) in [6.07, 6.45) is 2.55. The lowest BCUT2D eigenvalue weighted by molar-refractivity contribution is 0.0996. The Kier molecular flexibility index (Phi) is 3.99. The molecule has 0 aromatic carbocycles. The molecule has 1 saturated heterocycles. The van der Waals surface area contributed by atoms with Crippen LogP contribution in [0.1, 0.15) is 23.3 Å². The number of nitrogens with zero attached hydrogens (tertiary/aromatic N) is 2. The number of hydrogen-bond donors (Lipinski definition) is 3. The van der Waals surface area contributed by atoms with Gasteiger partial charge in [0.25, 0.3) is 5.91 Å². The molecule has 0 radical (unpaired) electrons. The smallest absolute Gasteiger partial charge is 0.267 e. The zero-order chi connectivity index (χ0) is 13.0. The normalized spacial score (nSPS) is 15.8. The minimum Gasteiger partial charge on any atom is -0.396 e. The first-order valence-corrected chi connectivity index (χ1v) is 6.19. The van der Waals surface area contributed by atoms with Gasteiger partial charge in [-0.15, -0.1) is 0 Å². The number of nitrogens with one attached hydrogen (secondary N) is 1. The van der Waals surface area contributed by atoms with Crippen LogP contribution in [-0.4, -0.2) is 42.0 Å². The van der Waals surface area contributed by atoms with Crippen LogP contribution in [0.3, 0.4) is 0 Å². The summed E-state index contributed by atoms with van der Waals surface area (Å²) in [6.45, 7) is 4.04. The molecule has 0 bridgehead atoms. The Hall–Kier alpha value is -1.82. The molecule has 6 nitrogen and oxygen atoms in total. The van der Waals surface area contributed by atoms with Gasteiger partial charge in [-0.25, -0.2) is 4.98 Å². The summed E-state index contributed by atoms with van der Waals surface area (Å²) in [5.74, 6) is -0.0110. The van der Waals surface area contributed by atoms with Crippen LogP contribution in [0, 0.1) is 0 Å². The van der Waals surface area contributed by atoms with Crippen LogP contribution in [0.4, 0.5) is 11.5 Å². The van der Waals surface area contributed by atoms with Crippen molar-refractivity contribution < 1.29 is 4.79 Å². The highest BCUT2D eigenvalue weighted by Crippen LogP contribution is 2.15. The minimum absolute atomic E-state index is 0.230. The number of amides is 1. The number of rotatable bonds is 5. The van der Waals surface area contributed by atoms with Crippen molar-refractivity contribution in [2.45, 2.75) is 12.8 Å². The number of anilines is 2. The number of primary amides is 1. The van der Waals surface area contributed by atoms with Crippen LogP contribution in [0.5, 0.6) is 0 Å². The maximum absolute atomic E-state index is 11.0. The Labute approximate surface area is 106 Å². The van der Waals surface area contributed by atoms with Crippen molar-refractivity contribution >= 4 is 17.4 Å². The van der Waals surface area contributed by atoms with Crippen molar-refractivity contribution in [3.63, 3.8) is 0 Å². The molecule has 1 aromatic rings. The number of aromatic nitrogens is 1. The third kappa shape index (κ3) is 3.10. The molecule has 98 valence electrons. The molecular weight excluding hydrogens is 230 g/mol. The quantitative estimate of drug-likeness (QED) is 0.696. The average Bonchev–Trinajstić information content (AvgIpc) is 2.84. The Bertz CT molecular complexity index is 428. The molecule has 0 aliphatic carbocycles. The highest BCUT2D eigenvalue weighted by Gasteiger charge is 2.11. The third-order valence-electron chi connectivity index (χ3n) is 3.10. The van der Waals surface area contributed by atoms with E-state index in [1.165, 1.54) is 18.9 Å². The lowest BCUT2D eigenvalue weighted by Gasteiger charge is -2.15. The van der Waals surface area contributed by atoms with Crippen molar-refractivity contribution in [3.05, 3.63) is 17.8 Å². The van der Waals surface area contributed by atoms with E-state index in [0.717, 1.165) is 26.2 Å². The van der Waals surface area contributed by atoms with E-state index in [4.69, 9.17) is 11.5 Å². The van der Waals surface area contributed by atoms with Crippen LogP contribution in [0.25, 0.3) is 0 Å². The van der Waals surface area contributed by atoms with Gasteiger partial charge < -0.3 is 21.7 Å². The van der Waals surface area contributed by atoms with Gasteiger partial charge in [0.2, 0.25) is 0 Å². The fourth-order valence-electron chi connectivity index (χ4n) is 2.09. The van der Waals surface area contributed by atoms with E-state index < -0.39 is 5.91 Å². The van der Waals surface area contributed by atoms with Gasteiger partial charge in [0, 0.05) is 13.1 Å². The first-order chi connectivity index (χ1) is 8.66. The molecule has 1 amide bonds. The maximum Gasteiger partial charge on any atom is 0.267 e. The molecule has 0 atom stereocenters. The number of nitrogens with two attached hydrogens (primary N) is 2.